The first-order chi connectivity index (χ1) is 9.59. The summed E-state index contributed by atoms with van der Waals surface area (Å²) < 4.78 is 5.03. The Kier molecular flexibility index (Phi) is 6.20. The smallest absolute Gasteiger partial charge is 0.195 e. The molecule has 1 aliphatic rings. The van der Waals surface area contributed by atoms with E-state index in [1.807, 2.05) is 0 Å². The Morgan fingerprint density at radius 1 is 0.952 bits per heavy atom. The lowest BCUT2D eigenvalue weighted by Gasteiger charge is -2.39. The van der Waals surface area contributed by atoms with E-state index < -0.39 is 60.7 Å². The SMILES string of the molecule is CC(O)C(O)C(O)C(O)C(=O)C1O[C@@H](C)[C@H](O)[C@@H](O)[C@H]1O. The largest absolute Gasteiger partial charge is 0.391 e. The molecule has 0 aromatic carbocycles. The second-order valence-electron chi connectivity index (χ2n) is 5.30. The standard InChI is InChI=1S/C12H22O9/c1-3(13)5(14)7(16)9(18)11(20)12-10(19)8(17)6(15)4(2)21-12/h3-10,12-19H,1-2H3/t3?,4-,5?,6-,7?,8+,9?,10+,12?/m0/s1. The molecule has 0 aliphatic carbocycles. The van der Waals surface area contributed by atoms with Gasteiger partial charge in [-0.15, -0.1) is 0 Å². The van der Waals surface area contributed by atoms with Crippen LogP contribution in [0.1, 0.15) is 13.8 Å². The predicted molar refractivity (Wildman–Crippen MR) is 67.1 cm³/mol. The van der Waals surface area contributed by atoms with Crippen LogP contribution in [-0.4, -0.2) is 96.5 Å². The minimum absolute atomic E-state index is 0.983. The van der Waals surface area contributed by atoms with Crippen LogP contribution in [-0.2, 0) is 9.53 Å². The lowest BCUT2D eigenvalue weighted by molar-refractivity contribution is -0.221. The third kappa shape index (κ3) is 3.76. The minimum Gasteiger partial charge on any atom is -0.391 e. The maximum atomic E-state index is 12.0. The van der Waals surface area contributed by atoms with Crippen molar-refractivity contribution in [3.8, 4) is 0 Å². The Bertz CT molecular complexity index is 361. The summed E-state index contributed by atoms with van der Waals surface area (Å²) in [6, 6.07) is 0. The van der Waals surface area contributed by atoms with Crippen molar-refractivity contribution in [3.05, 3.63) is 0 Å². The maximum Gasteiger partial charge on any atom is 0.195 e. The molecule has 1 heterocycles. The molecule has 1 fully saturated rings. The molecule has 0 radical (unpaired) electrons. The molecule has 7 N–H and O–H groups in total. The maximum absolute atomic E-state index is 12.0. The molecular formula is C12H22O9. The van der Waals surface area contributed by atoms with Gasteiger partial charge >= 0.3 is 0 Å². The molecule has 9 nitrogen and oxygen atoms in total. The quantitative estimate of drug-likeness (QED) is 0.267. The number of Topliss-reactive ketones (excluding diaryl/α,β-unsaturated/α-hetero) is 1. The van der Waals surface area contributed by atoms with E-state index in [4.69, 9.17) is 9.84 Å². The second kappa shape index (κ2) is 7.07. The topological polar surface area (TPSA) is 168 Å². The predicted octanol–water partition coefficient (Wildman–Crippen LogP) is -4.11. The van der Waals surface area contributed by atoms with Gasteiger partial charge in [0.05, 0.1) is 12.2 Å². The molecule has 21 heavy (non-hydrogen) atoms. The fraction of sp³-hybridized carbons (Fsp3) is 0.917. The Morgan fingerprint density at radius 3 is 1.95 bits per heavy atom. The van der Waals surface area contributed by atoms with Crippen LogP contribution in [0, 0.1) is 0 Å². The second-order valence-corrected chi connectivity index (χ2v) is 5.30. The van der Waals surface area contributed by atoms with E-state index in [0.29, 0.717) is 0 Å². The fourth-order valence-electron chi connectivity index (χ4n) is 2.10. The van der Waals surface area contributed by atoms with Crippen molar-refractivity contribution in [1.82, 2.24) is 0 Å². The van der Waals surface area contributed by atoms with Crippen LogP contribution < -0.4 is 0 Å². The van der Waals surface area contributed by atoms with E-state index in [9.17, 15) is 35.4 Å². The number of ether oxygens (including phenoxy) is 1. The van der Waals surface area contributed by atoms with Crippen molar-refractivity contribution in [2.24, 2.45) is 0 Å². The average molecular weight is 310 g/mol. The van der Waals surface area contributed by atoms with Gasteiger partial charge in [0.2, 0.25) is 0 Å². The summed E-state index contributed by atoms with van der Waals surface area (Å²) in [6.07, 6.45) is -14.8. The van der Waals surface area contributed by atoms with E-state index >= 15 is 0 Å². The van der Waals surface area contributed by atoms with Gasteiger partial charge in [-0.1, -0.05) is 0 Å². The van der Waals surface area contributed by atoms with E-state index in [0.717, 1.165) is 6.92 Å². The van der Waals surface area contributed by atoms with Crippen molar-refractivity contribution in [3.63, 3.8) is 0 Å². The van der Waals surface area contributed by atoms with Gasteiger partial charge in [0, 0.05) is 0 Å². The van der Waals surface area contributed by atoms with Crippen molar-refractivity contribution in [2.75, 3.05) is 0 Å². The first-order valence-electron chi connectivity index (χ1n) is 6.55. The molecule has 0 saturated carbocycles. The Morgan fingerprint density at radius 2 is 1.48 bits per heavy atom. The summed E-state index contributed by atoms with van der Waals surface area (Å²) in [5.74, 6) is -1.17. The summed E-state index contributed by atoms with van der Waals surface area (Å²) in [6.45, 7) is 2.51. The minimum atomic E-state index is -2.14. The third-order valence-corrected chi connectivity index (χ3v) is 3.59. The molecular weight excluding hydrogens is 288 g/mol. The molecule has 0 spiro atoms. The zero-order chi connectivity index (χ0) is 16.5. The lowest BCUT2D eigenvalue weighted by atomic mass is 9.89. The summed E-state index contributed by atoms with van der Waals surface area (Å²) in [5, 5.41) is 66.6. The zero-order valence-electron chi connectivity index (χ0n) is 11.6. The number of carbonyl (C=O) groups excluding carboxylic acids is 1. The Labute approximate surface area is 121 Å². The normalized spacial score (nSPS) is 39.4. The van der Waals surface area contributed by atoms with Crippen molar-refractivity contribution in [2.45, 2.75) is 68.8 Å². The number of rotatable bonds is 5. The van der Waals surface area contributed by atoms with Gasteiger partial charge in [0.1, 0.15) is 42.7 Å². The van der Waals surface area contributed by atoms with Crippen LogP contribution in [0.15, 0.2) is 0 Å². The highest BCUT2D eigenvalue weighted by Gasteiger charge is 2.48. The monoisotopic (exact) mass is 310 g/mol. The fourth-order valence-corrected chi connectivity index (χ4v) is 2.10. The Balaban J connectivity index is 2.82. The number of hydrogen-bond donors (Lipinski definition) is 7. The van der Waals surface area contributed by atoms with Crippen LogP contribution in [0.4, 0.5) is 0 Å². The van der Waals surface area contributed by atoms with Gasteiger partial charge in [0.25, 0.3) is 0 Å². The van der Waals surface area contributed by atoms with Crippen LogP contribution in [0.25, 0.3) is 0 Å². The number of hydrogen-bond acceptors (Lipinski definition) is 9. The highest BCUT2D eigenvalue weighted by molar-refractivity contribution is 5.88. The molecule has 9 atom stereocenters. The summed E-state index contributed by atoms with van der Waals surface area (Å²) in [5.41, 5.74) is 0. The van der Waals surface area contributed by atoms with Gasteiger partial charge in [-0.3, -0.25) is 4.79 Å². The van der Waals surface area contributed by atoms with Gasteiger partial charge in [-0.05, 0) is 13.8 Å². The van der Waals surface area contributed by atoms with E-state index in [1.54, 1.807) is 0 Å². The molecule has 0 aromatic heterocycles. The first kappa shape index (κ1) is 18.4. The van der Waals surface area contributed by atoms with Gasteiger partial charge in [0.15, 0.2) is 5.78 Å². The molecule has 0 aromatic rings. The highest BCUT2D eigenvalue weighted by Crippen LogP contribution is 2.23. The molecule has 0 bridgehead atoms. The Hall–Kier alpha value is -0.650. The molecule has 9 heteroatoms. The van der Waals surface area contributed by atoms with Gasteiger partial charge < -0.3 is 40.5 Å². The number of carbonyl (C=O) groups is 1. The van der Waals surface area contributed by atoms with E-state index in [1.165, 1.54) is 6.92 Å². The summed E-state index contributed by atoms with van der Waals surface area (Å²) in [4.78, 5) is 12.0. The molecule has 1 saturated heterocycles. The molecule has 5 unspecified atom stereocenters. The first-order valence-corrected chi connectivity index (χ1v) is 6.55. The average Bonchev–Trinajstić information content (AvgIpc) is 2.45. The summed E-state index contributed by atoms with van der Waals surface area (Å²) in [7, 11) is 0. The molecule has 0 amide bonds. The van der Waals surface area contributed by atoms with Crippen molar-refractivity contribution < 1.29 is 45.3 Å². The highest BCUT2D eigenvalue weighted by atomic mass is 16.5. The lowest BCUT2D eigenvalue weighted by Crippen LogP contribution is -2.62. The van der Waals surface area contributed by atoms with E-state index in [2.05, 4.69) is 0 Å². The molecule has 1 rings (SSSR count). The number of ketones is 1. The number of aliphatic hydroxyl groups is 7. The van der Waals surface area contributed by atoms with Gasteiger partial charge in [-0.2, -0.15) is 0 Å². The van der Waals surface area contributed by atoms with Crippen molar-refractivity contribution >= 4 is 5.78 Å². The van der Waals surface area contributed by atoms with Crippen LogP contribution in [0.5, 0.6) is 0 Å². The number of aliphatic hydroxyl groups excluding tert-OH is 7. The van der Waals surface area contributed by atoms with Crippen LogP contribution in [0.3, 0.4) is 0 Å². The molecule has 124 valence electrons. The third-order valence-electron chi connectivity index (χ3n) is 3.59. The van der Waals surface area contributed by atoms with Gasteiger partial charge in [-0.25, -0.2) is 0 Å². The van der Waals surface area contributed by atoms with E-state index in [-0.39, 0.29) is 0 Å². The zero-order valence-corrected chi connectivity index (χ0v) is 11.6. The molecule has 1 aliphatic heterocycles. The van der Waals surface area contributed by atoms with Crippen LogP contribution >= 0.6 is 0 Å². The van der Waals surface area contributed by atoms with Crippen LogP contribution in [0.2, 0.25) is 0 Å². The summed E-state index contributed by atoms with van der Waals surface area (Å²) >= 11 is 0. The van der Waals surface area contributed by atoms with Crippen molar-refractivity contribution in [1.29, 1.82) is 0 Å².